The first kappa shape index (κ1) is 14.5. The third-order valence-electron chi connectivity index (χ3n) is 3.29. The van der Waals surface area contributed by atoms with Gasteiger partial charge in [-0.25, -0.2) is 4.79 Å². The maximum absolute atomic E-state index is 12.1. The first-order valence-electron chi connectivity index (χ1n) is 6.54. The topological polar surface area (TPSA) is 63.1 Å². The molecule has 7 heteroatoms. The van der Waals surface area contributed by atoms with Crippen LogP contribution < -0.4 is 5.32 Å². The highest BCUT2D eigenvalue weighted by Crippen LogP contribution is 2.23. The molecule has 0 fully saturated rings. The fourth-order valence-corrected chi connectivity index (χ4v) is 2.68. The lowest BCUT2D eigenvalue weighted by Crippen LogP contribution is -2.38. The van der Waals surface area contributed by atoms with Crippen molar-refractivity contribution in [3.8, 4) is 0 Å². The second-order valence-corrected chi connectivity index (χ2v) is 5.47. The molecule has 0 unspecified atom stereocenters. The van der Waals surface area contributed by atoms with Gasteiger partial charge in [0.2, 0.25) is 0 Å². The summed E-state index contributed by atoms with van der Waals surface area (Å²) in [5, 5.41) is 12.7. The fraction of sp³-hybridized carbons (Fsp3) is 0.462. The number of carbonyl (C=O) groups is 1. The zero-order valence-corrected chi connectivity index (χ0v) is 12.7. The Morgan fingerprint density at radius 1 is 1.60 bits per heavy atom. The molecule has 2 aromatic heterocycles. The normalized spacial score (nSPS) is 12.2. The largest absolute Gasteiger partial charge is 0.331 e. The van der Waals surface area contributed by atoms with Gasteiger partial charge in [-0.05, 0) is 25.3 Å². The van der Waals surface area contributed by atoms with Gasteiger partial charge in [-0.3, -0.25) is 0 Å². The molecule has 2 rings (SSSR count). The summed E-state index contributed by atoms with van der Waals surface area (Å²) in [5.41, 5.74) is 0. The first-order valence-corrected chi connectivity index (χ1v) is 7.42. The van der Waals surface area contributed by atoms with Crippen molar-refractivity contribution >= 4 is 17.4 Å². The SMILES string of the molecule is CCn1cnnc1CNC(=O)N(C)[C@H](C)c1cccs1. The van der Waals surface area contributed by atoms with Crippen molar-refractivity contribution in [3.63, 3.8) is 0 Å². The fourth-order valence-electron chi connectivity index (χ4n) is 1.86. The van der Waals surface area contributed by atoms with E-state index >= 15 is 0 Å². The number of nitrogens with one attached hydrogen (secondary N) is 1. The zero-order chi connectivity index (χ0) is 14.5. The van der Waals surface area contributed by atoms with Gasteiger partial charge in [-0.2, -0.15) is 0 Å². The second kappa shape index (κ2) is 6.51. The molecule has 0 radical (unpaired) electrons. The van der Waals surface area contributed by atoms with Crippen LogP contribution in [-0.4, -0.2) is 32.7 Å². The van der Waals surface area contributed by atoms with Gasteiger partial charge in [0, 0.05) is 18.5 Å². The number of rotatable bonds is 5. The van der Waals surface area contributed by atoms with Gasteiger partial charge in [0.1, 0.15) is 6.33 Å². The predicted octanol–water partition coefficient (Wildman–Crippen LogP) is 2.26. The summed E-state index contributed by atoms with van der Waals surface area (Å²) >= 11 is 1.65. The van der Waals surface area contributed by atoms with Gasteiger partial charge in [0.25, 0.3) is 0 Å². The van der Waals surface area contributed by atoms with Crippen LogP contribution in [0.3, 0.4) is 0 Å². The third kappa shape index (κ3) is 3.16. The Bertz CT molecular complexity index is 551. The molecule has 2 heterocycles. The van der Waals surface area contributed by atoms with Crippen LogP contribution in [0.4, 0.5) is 4.79 Å². The molecule has 0 aromatic carbocycles. The number of hydrogen-bond donors (Lipinski definition) is 1. The van der Waals surface area contributed by atoms with E-state index in [2.05, 4.69) is 15.5 Å². The van der Waals surface area contributed by atoms with Crippen molar-refractivity contribution in [2.24, 2.45) is 0 Å². The van der Waals surface area contributed by atoms with E-state index in [1.54, 1.807) is 29.6 Å². The zero-order valence-electron chi connectivity index (χ0n) is 11.9. The molecular weight excluding hydrogens is 274 g/mol. The van der Waals surface area contributed by atoms with Crippen molar-refractivity contribution in [2.75, 3.05) is 7.05 Å². The molecule has 0 spiro atoms. The molecule has 0 aliphatic heterocycles. The monoisotopic (exact) mass is 293 g/mol. The van der Waals surface area contributed by atoms with Gasteiger partial charge in [0.05, 0.1) is 12.6 Å². The highest BCUT2D eigenvalue weighted by molar-refractivity contribution is 7.10. The van der Waals surface area contributed by atoms with E-state index in [1.165, 1.54) is 4.88 Å². The molecular formula is C13H19N5OS. The second-order valence-electron chi connectivity index (χ2n) is 4.49. The van der Waals surface area contributed by atoms with Gasteiger partial charge >= 0.3 is 6.03 Å². The Kier molecular flexibility index (Phi) is 4.73. The van der Waals surface area contributed by atoms with Crippen molar-refractivity contribution < 1.29 is 4.79 Å². The molecule has 0 aliphatic carbocycles. The summed E-state index contributed by atoms with van der Waals surface area (Å²) in [5.74, 6) is 0.762. The summed E-state index contributed by atoms with van der Waals surface area (Å²) in [6, 6.07) is 3.97. The predicted molar refractivity (Wildman–Crippen MR) is 78.4 cm³/mol. The number of aromatic nitrogens is 3. The highest BCUT2D eigenvalue weighted by Gasteiger charge is 2.18. The molecule has 0 aliphatic rings. The number of aryl methyl sites for hydroxylation is 1. The number of urea groups is 1. The summed E-state index contributed by atoms with van der Waals surface area (Å²) < 4.78 is 1.91. The third-order valence-corrected chi connectivity index (χ3v) is 4.33. The van der Waals surface area contributed by atoms with Crippen LogP contribution in [-0.2, 0) is 13.1 Å². The maximum atomic E-state index is 12.1. The number of carbonyl (C=O) groups excluding carboxylic acids is 1. The number of nitrogens with zero attached hydrogens (tertiary/aromatic N) is 4. The van der Waals surface area contributed by atoms with E-state index in [0.717, 1.165) is 12.4 Å². The molecule has 2 aromatic rings. The molecule has 1 N–H and O–H groups in total. The van der Waals surface area contributed by atoms with Crippen LogP contribution in [0.15, 0.2) is 23.8 Å². The Morgan fingerprint density at radius 2 is 2.40 bits per heavy atom. The van der Waals surface area contributed by atoms with Gasteiger partial charge in [-0.1, -0.05) is 6.07 Å². The molecule has 0 saturated carbocycles. The van der Waals surface area contributed by atoms with Crippen molar-refractivity contribution in [3.05, 3.63) is 34.5 Å². The smallest absolute Gasteiger partial charge is 0.318 e. The van der Waals surface area contributed by atoms with Crippen LogP contribution in [0.25, 0.3) is 0 Å². The van der Waals surface area contributed by atoms with Crippen LogP contribution >= 0.6 is 11.3 Å². The molecule has 0 bridgehead atoms. The summed E-state index contributed by atoms with van der Waals surface area (Å²) in [7, 11) is 1.80. The molecule has 20 heavy (non-hydrogen) atoms. The van der Waals surface area contributed by atoms with E-state index in [4.69, 9.17) is 0 Å². The van der Waals surface area contributed by atoms with E-state index < -0.39 is 0 Å². The number of hydrogen-bond acceptors (Lipinski definition) is 4. The molecule has 1 atom stereocenters. The number of amides is 2. The molecule has 2 amide bonds. The van der Waals surface area contributed by atoms with E-state index in [9.17, 15) is 4.79 Å². The lowest BCUT2D eigenvalue weighted by Gasteiger charge is -2.24. The van der Waals surface area contributed by atoms with Crippen LogP contribution in [0.2, 0.25) is 0 Å². The van der Waals surface area contributed by atoms with Crippen LogP contribution in [0.5, 0.6) is 0 Å². The van der Waals surface area contributed by atoms with E-state index in [0.29, 0.717) is 6.54 Å². The minimum Gasteiger partial charge on any atom is -0.331 e. The maximum Gasteiger partial charge on any atom is 0.318 e. The van der Waals surface area contributed by atoms with Crippen LogP contribution in [0.1, 0.15) is 30.6 Å². The average molecular weight is 293 g/mol. The quantitative estimate of drug-likeness (QED) is 0.919. The van der Waals surface area contributed by atoms with Crippen molar-refractivity contribution in [2.45, 2.75) is 33.0 Å². The Balaban J connectivity index is 1.91. The summed E-state index contributed by atoms with van der Waals surface area (Å²) in [6.45, 7) is 5.20. The first-order chi connectivity index (χ1) is 9.63. The minimum absolute atomic E-state index is 0.0547. The lowest BCUT2D eigenvalue weighted by molar-refractivity contribution is 0.194. The molecule has 6 nitrogen and oxygen atoms in total. The Labute approximate surface area is 122 Å². The average Bonchev–Trinajstić information content (AvgIpc) is 3.13. The Morgan fingerprint density at radius 3 is 3.05 bits per heavy atom. The minimum atomic E-state index is -0.114. The molecule has 108 valence electrons. The van der Waals surface area contributed by atoms with E-state index in [1.807, 2.05) is 35.9 Å². The standard InChI is InChI=1S/C13H19N5OS/c1-4-18-9-15-16-12(18)8-14-13(19)17(3)10(2)11-6-5-7-20-11/h5-7,9-10H,4,8H2,1-3H3,(H,14,19)/t10-/m1/s1. The van der Waals surface area contributed by atoms with Gasteiger partial charge < -0.3 is 14.8 Å². The summed E-state index contributed by atoms with van der Waals surface area (Å²) in [4.78, 5) is 15.0. The number of thiophene rings is 1. The molecule has 0 saturated heterocycles. The highest BCUT2D eigenvalue weighted by atomic mass is 32.1. The lowest BCUT2D eigenvalue weighted by atomic mass is 10.2. The van der Waals surface area contributed by atoms with Crippen molar-refractivity contribution in [1.82, 2.24) is 25.0 Å². The van der Waals surface area contributed by atoms with Gasteiger partial charge in [0.15, 0.2) is 5.82 Å². The van der Waals surface area contributed by atoms with Gasteiger partial charge in [-0.15, -0.1) is 21.5 Å². The van der Waals surface area contributed by atoms with Crippen molar-refractivity contribution in [1.29, 1.82) is 0 Å². The Hall–Kier alpha value is -1.89. The van der Waals surface area contributed by atoms with E-state index in [-0.39, 0.29) is 12.1 Å². The van der Waals surface area contributed by atoms with Crippen LogP contribution in [0, 0.1) is 0 Å². The summed E-state index contributed by atoms with van der Waals surface area (Å²) in [6.07, 6.45) is 1.67.